The Morgan fingerprint density at radius 1 is 1.26 bits per heavy atom. The minimum absolute atomic E-state index is 0.352. The fourth-order valence-corrected chi connectivity index (χ4v) is 3.38. The van der Waals surface area contributed by atoms with E-state index in [1.165, 1.54) is 11.4 Å². The number of ether oxygens (including phenoxy) is 1. The smallest absolute Gasteiger partial charge is 0.301 e. The average molecular weight is 285 g/mol. The molecule has 106 valence electrons. The van der Waals surface area contributed by atoms with Crippen LogP contribution in [0.25, 0.3) is 0 Å². The van der Waals surface area contributed by atoms with E-state index in [0.29, 0.717) is 30.2 Å². The lowest BCUT2D eigenvalue weighted by Gasteiger charge is -2.26. The fourth-order valence-electron chi connectivity index (χ4n) is 2.06. The third-order valence-electron chi connectivity index (χ3n) is 3.15. The molecule has 2 rings (SSSR count). The zero-order valence-electron chi connectivity index (χ0n) is 10.9. The van der Waals surface area contributed by atoms with Crippen molar-refractivity contribution in [3.8, 4) is 5.75 Å². The van der Waals surface area contributed by atoms with Gasteiger partial charge in [0.05, 0.1) is 18.5 Å². The van der Waals surface area contributed by atoms with Gasteiger partial charge >= 0.3 is 10.2 Å². The third-order valence-corrected chi connectivity index (χ3v) is 4.68. The molecule has 1 aromatic rings. The Labute approximate surface area is 113 Å². The second-order valence-electron chi connectivity index (χ2n) is 4.52. The molecule has 0 unspecified atom stereocenters. The summed E-state index contributed by atoms with van der Waals surface area (Å²) in [6, 6.07) is 4.89. The van der Waals surface area contributed by atoms with Crippen molar-refractivity contribution in [2.24, 2.45) is 0 Å². The molecule has 3 N–H and O–H groups in total. The Hall–Kier alpha value is -1.47. The molecule has 1 aromatic carbocycles. The highest BCUT2D eigenvalue weighted by atomic mass is 32.2. The van der Waals surface area contributed by atoms with Crippen LogP contribution in [0.2, 0.25) is 0 Å². The van der Waals surface area contributed by atoms with Gasteiger partial charge in [-0.05, 0) is 25.0 Å². The number of hydrogen-bond acceptors (Lipinski definition) is 4. The molecule has 7 heteroatoms. The van der Waals surface area contributed by atoms with Crippen LogP contribution < -0.4 is 15.2 Å². The van der Waals surface area contributed by atoms with Crippen LogP contribution in [0.4, 0.5) is 11.4 Å². The first-order chi connectivity index (χ1) is 9.03. The molecular weight excluding hydrogens is 266 g/mol. The molecule has 0 radical (unpaired) electrons. The van der Waals surface area contributed by atoms with Crippen molar-refractivity contribution in [2.75, 3.05) is 30.7 Å². The normalized spacial score (nSPS) is 17.1. The van der Waals surface area contributed by atoms with Gasteiger partial charge in [0, 0.05) is 19.2 Å². The summed E-state index contributed by atoms with van der Waals surface area (Å²) in [5.74, 6) is 0.561. The summed E-state index contributed by atoms with van der Waals surface area (Å²) >= 11 is 0. The molecule has 1 saturated heterocycles. The summed E-state index contributed by atoms with van der Waals surface area (Å²) in [5.41, 5.74) is 6.51. The van der Waals surface area contributed by atoms with Crippen LogP contribution in [-0.2, 0) is 10.2 Å². The standard InChI is InChI=1S/C12H19N3O3S/c1-18-10-5-6-11(13)12(9-10)14-19(16,17)15-7-3-2-4-8-15/h5-6,9,14H,2-4,7-8,13H2,1H3. The minimum atomic E-state index is -3.54. The van der Waals surface area contributed by atoms with Gasteiger partial charge in [-0.25, -0.2) is 0 Å². The molecule has 0 aliphatic carbocycles. The number of nitrogens with zero attached hydrogens (tertiary/aromatic N) is 1. The predicted octanol–water partition coefficient (Wildman–Crippen LogP) is 1.42. The Morgan fingerprint density at radius 2 is 1.95 bits per heavy atom. The molecule has 0 atom stereocenters. The van der Waals surface area contributed by atoms with Gasteiger partial charge in [-0.3, -0.25) is 4.72 Å². The van der Waals surface area contributed by atoms with E-state index >= 15 is 0 Å². The van der Waals surface area contributed by atoms with Crippen molar-refractivity contribution >= 4 is 21.6 Å². The number of piperidine rings is 1. The largest absolute Gasteiger partial charge is 0.497 e. The molecule has 0 bridgehead atoms. The molecule has 1 aliphatic rings. The van der Waals surface area contributed by atoms with Gasteiger partial charge in [-0.15, -0.1) is 0 Å². The Balaban J connectivity index is 2.19. The van der Waals surface area contributed by atoms with E-state index in [0.717, 1.165) is 19.3 Å². The number of methoxy groups -OCH3 is 1. The van der Waals surface area contributed by atoms with Crippen molar-refractivity contribution < 1.29 is 13.2 Å². The van der Waals surface area contributed by atoms with Crippen molar-refractivity contribution in [1.82, 2.24) is 4.31 Å². The van der Waals surface area contributed by atoms with Crippen molar-refractivity contribution in [3.05, 3.63) is 18.2 Å². The lowest BCUT2D eigenvalue weighted by molar-refractivity contribution is 0.349. The van der Waals surface area contributed by atoms with Crippen LogP contribution in [0.3, 0.4) is 0 Å². The first-order valence-electron chi connectivity index (χ1n) is 6.24. The monoisotopic (exact) mass is 285 g/mol. The summed E-state index contributed by atoms with van der Waals surface area (Å²) in [5, 5.41) is 0. The summed E-state index contributed by atoms with van der Waals surface area (Å²) in [6.45, 7) is 1.11. The van der Waals surface area contributed by atoms with E-state index in [1.807, 2.05) is 0 Å². The van der Waals surface area contributed by atoms with Gasteiger partial charge in [-0.1, -0.05) is 6.42 Å². The number of anilines is 2. The van der Waals surface area contributed by atoms with E-state index in [4.69, 9.17) is 10.5 Å². The quantitative estimate of drug-likeness (QED) is 0.819. The van der Waals surface area contributed by atoms with E-state index in [1.54, 1.807) is 18.2 Å². The lowest BCUT2D eigenvalue weighted by atomic mass is 10.2. The Kier molecular flexibility index (Phi) is 4.16. The number of nitrogen functional groups attached to an aromatic ring is 1. The number of benzene rings is 1. The van der Waals surface area contributed by atoms with Crippen LogP contribution in [0, 0.1) is 0 Å². The maximum Gasteiger partial charge on any atom is 0.301 e. The van der Waals surface area contributed by atoms with Crippen LogP contribution in [0.5, 0.6) is 5.75 Å². The molecule has 0 aromatic heterocycles. The van der Waals surface area contributed by atoms with Crippen LogP contribution in [0.1, 0.15) is 19.3 Å². The molecule has 0 spiro atoms. The van der Waals surface area contributed by atoms with Crippen LogP contribution in [-0.4, -0.2) is 32.9 Å². The van der Waals surface area contributed by atoms with Gasteiger partial charge in [0.1, 0.15) is 5.75 Å². The molecule has 0 amide bonds. The van der Waals surface area contributed by atoms with Crippen LogP contribution >= 0.6 is 0 Å². The molecule has 0 saturated carbocycles. The van der Waals surface area contributed by atoms with Crippen molar-refractivity contribution in [1.29, 1.82) is 0 Å². The lowest BCUT2D eigenvalue weighted by Crippen LogP contribution is -2.39. The summed E-state index contributed by atoms with van der Waals surface area (Å²) in [7, 11) is -2.01. The predicted molar refractivity (Wildman–Crippen MR) is 75.4 cm³/mol. The number of hydrogen-bond donors (Lipinski definition) is 2. The molecule has 6 nitrogen and oxygen atoms in total. The van der Waals surface area contributed by atoms with Gasteiger partial charge in [0.25, 0.3) is 0 Å². The van der Waals surface area contributed by atoms with E-state index < -0.39 is 10.2 Å². The second-order valence-corrected chi connectivity index (χ2v) is 6.19. The molecule has 1 fully saturated rings. The number of nitrogens with one attached hydrogen (secondary N) is 1. The topological polar surface area (TPSA) is 84.7 Å². The van der Waals surface area contributed by atoms with E-state index in [2.05, 4.69) is 4.72 Å². The fraction of sp³-hybridized carbons (Fsp3) is 0.500. The zero-order valence-corrected chi connectivity index (χ0v) is 11.7. The third kappa shape index (κ3) is 3.30. The number of rotatable bonds is 4. The second kappa shape index (κ2) is 5.66. The number of nitrogens with two attached hydrogens (primary N) is 1. The van der Waals surface area contributed by atoms with Gasteiger partial charge in [0.2, 0.25) is 0 Å². The molecule has 1 aliphatic heterocycles. The highest BCUT2D eigenvalue weighted by Crippen LogP contribution is 2.26. The average Bonchev–Trinajstić information content (AvgIpc) is 2.42. The molecule has 1 heterocycles. The van der Waals surface area contributed by atoms with E-state index in [-0.39, 0.29) is 0 Å². The van der Waals surface area contributed by atoms with Crippen molar-refractivity contribution in [3.63, 3.8) is 0 Å². The maximum atomic E-state index is 12.2. The first kappa shape index (κ1) is 14.0. The van der Waals surface area contributed by atoms with Gasteiger partial charge in [0.15, 0.2) is 0 Å². The molecular formula is C12H19N3O3S. The van der Waals surface area contributed by atoms with Gasteiger partial charge < -0.3 is 10.5 Å². The summed E-state index contributed by atoms with van der Waals surface area (Å²) in [6.07, 6.45) is 2.87. The summed E-state index contributed by atoms with van der Waals surface area (Å²) < 4.78 is 33.5. The highest BCUT2D eigenvalue weighted by Gasteiger charge is 2.24. The SMILES string of the molecule is COc1ccc(N)c(NS(=O)(=O)N2CCCCC2)c1. The van der Waals surface area contributed by atoms with Gasteiger partial charge in [-0.2, -0.15) is 12.7 Å². The summed E-state index contributed by atoms with van der Waals surface area (Å²) in [4.78, 5) is 0. The zero-order chi connectivity index (χ0) is 13.9. The van der Waals surface area contributed by atoms with Crippen molar-refractivity contribution in [2.45, 2.75) is 19.3 Å². The highest BCUT2D eigenvalue weighted by molar-refractivity contribution is 7.90. The maximum absolute atomic E-state index is 12.2. The van der Waals surface area contributed by atoms with Crippen LogP contribution in [0.15, 0.2) is 18.2 Å². The Morgan fingerprint density at radius 3 is 2.58 bits per heavy atom. The van der Waals surface area contributed by atoms with E-state index in [9.17, 15) is 8.42 Å². The molecule has 19 heavy (non-hydrogen) atoms. The minimum Gasteiger partial charge on any atom is -0.497 e. The first-order valence-corrected chi connectivity index (χ1v) is 7.68. The Bertz CT molecular complexity index is 539.